The van der Waals surface area contributed by atoms with E-state index in [4.69, 9.17) is 33.9 Å². The molecule has 4 aromatic rings. The number of piperidine rings is 1. The zero-order chi connectivity index (χ0) is 27.8. The number of nitrogens with zero attached hydrogens (tertiary/aromatic N) is 5. The Kier molecular flexibility index (Phi) is 7.33. The number of rotatable bonds is 6. The van der Waals surface area contributed by atoms with Gasteiger partial charge < -0.3 is 10.6 Å². The molecule has 0 spiro atoms. The SMILES string of the molecule is CC(=O)N1CCC(Cn2c(=O)n(CC(N)=O)c(=O)c3c2nc(-c2ccccc2Cl)n3-c2ccc(Cl)cc2)CC1. The first kappa shape index (κ1) is 26.7. The van der Waals surface area contributed by atoms with E-state index in [1.165, 1.54) is 11.5 Å². The highest BCUT2D eigenvalue weighted by Crippen LogP contribution is 2.32. The van der Waals surface area contributed by atoms with E-state index in [2.05, 4.69) is 0 Å². The van der Waals surface area contributed by atoms with Gasteiger partial charge in [-0.15, -0.1) is 0 Å². The van der Waals surface area contributed by atoms with Crippen LogP contribution in [0.5, 0.6) is 0 Å². The molecule has 202 valence electrons. The van der Waals surface area contributed by atoms with Gasteiger partial charge in [0.15, 0.2) is 11.2 Å². The Morgan fingerprint density at radius 2 is 1.67 bits per heavy atom. The van der Waals surface area contributed by atoms with Gasteiger partial charge in [0.2, 0.25) is 11.8 Å². The first-order valence-electron chi connectivity index (χ1n) is 12.5. The summed E-state index contributed by atoms with van der Waals surface area (Å²) in [7, 11) is 0. The fourth-order valence-corrected chi connectivity index (χ4v) is 5.40. The van der Waals surface area contributed by atoms with Crippen molar-refractivity contribution in [3.63, 3.8) is 0 Å². The molecule has 10 nitrogen and oxygen atoms in total. The third-order valence-corrected chi connectivity index (χ3v) is 7.62. The molecular weight excluding hydrogens is 543 g/mol. The lowest BCUT2D eigenvalue weighted by Crippen LogP contribution is -2.45. The van der Waals surface area contributed by atoms with Crippen molar-refractivity contribution in [2.24, 2.45) is 11.7 Å². The van der Waals surface area contributed by atoms with E-state index in [9.17, 15) is 19.2 Å². The van der Waals surface area contributed by atoms with Crippen molar-refractivity contribution in [3.8, 4) is 17.1 Å². The molecule has 3 heterocycles. The number of hydrogen-bond acceptors (Lipinski definition) is 5. The van der Waals surface area contributed by atoms with E-state index in [1.807, 2.05) is 0 Å². The van der Waals surface area contributed by atoms with Crippen LogP contribution in [0.2, 0.25) is 10.0 Å². The van der Waals surface area contributed by atoms with Crippen LogP contribution < -0.4 is 17.0 Å². The maximum absolute atomic E-state index is 13.8. The summed E-state index contributed by atoms with van der Waals surface area (Å²) >= 11 is 12.7. The minimum atomic E-state index is -0.821. The van der Waals surface area contributed by atoms with Gasteiger partial charge in [0.1, 0.15) is 12.4 Å². The quantitative estimate of drug-likeness (QED) is 0.382. The Morgan fingerprint density at radius 1 is 1.00 bits per heavy atom. The van der Waals surface area contributed by atoms with Gasteiger partial charge in [-0.2, -0.15) is 0 Å². The van der Waals surface area contributed by atoms with Gasteiger partial charge in [-0.1, -0.05) is 35.3 Å². The van der Waals surface area contributed by atoms with Crippen molar-refractivity contribution >= 4 is 46.2 Å². The van der Waals surface area contributed by atoms with E-state index in [0.717, 1.165) is 4.57 Å². The summed E-state index contributed by atoms with van der Waals surface area (Å²) in [4.78, 5) is 57.7. The minimum Gasteiger partial charge on any atom is -0.368 e. The van der Waals surface area contributed by atoms with Crippen LogP contribution in [-0.4, -0.2) is 48.5 Å². The normalized spacial score (nSPS) is 14.2. The number of aromatic nitrogens is 4. The molecule has 2 aromatic heterocycles. The summed E-state index contributed by atoms with van der Waals surface area (Å²) < 4.78 is 3.90. The number of primary amides is 1. The van der Waals surface area contributed by atoms with Crippen molar-refractivity contribution in [1.82, 2.24) is 23.6 Å². The lowest BCUT2D eigenvalue weighted by atomic mass is 9.96. The Labute approximate surface area is 233 Å². The Hall–Kier alpha value is -3.89. The fourth-order valence-electron chi connectivity index (χ4n) is 5.05. The van der Waals surface area contributed by atoms with Crippen molar-refractivity contribution in [3.05, 3.63) is 79.4 Å². The Bertz CT molecular complexity index is 1700. The lowest BCUT2D eigenvalue weighted by Gasteiger charge is -2.31. The molecule has 0 radical (unpaired) electrons. The maximum atomic E-state index is 13.8. The van der Waals surface area contributed by atoms with Crippen LogP contribution in [0.1, 0.15) is 19.8 Å². The highest BCUT2D eigenvalue weighted by atomic mass is 35.5. The predicted molar refractivity (Wildman–Crippen MR) is 149 cm³/mol. The van der Waals surface area contributed by atoms with E-state index < -0.39 is 23.7 Å². The molecule has 1 aliphatic heterocycles. The lowest BCUT2D eigenvalue weighted by molar-refractivity contribution is -0.130. The Morgan fingerprint density at radius 3 is 2.28 bits per heavy atom. The molecule has 0 saturated carbocycles. The highest BCUT2D eigenvalue weighted by Gasteiger charge is 2.27. The number of imidazole rings is 1. The van der Waals surface area contributed by atoms with Gasteiger partial charge in [0.25, 0.3) is 5.56 Å². The van der Waals surface area contributed by atoms with Crippen LogP contribution in [0.15, 0.2) is 58.1 Å². The molecule has 39 heavy (non-hydrogen) atoms. The first-order chi connectivity index (χ1) is 18.7. The van der Waals surface area contributed by atoms with Gasteiger partial charge in [0.05, 0.1) is 5.02 Å². The third kappa shape index (κ3) is 5.09. The molecule has 2 aromatic carbocycles. The molecule has 0 bridgehead atoms. The molecule has 2 amide bonds. The van der Waals surface area contributed by atoms with Crippen LogP contribution >= 0.6 is 23.2 Å². The zero-order valence-electron chi connectivity index (χ0n) is 21.1. The summed E-state index contributed by atoms with van der Waals surface area (Å²) in [5, 5.41) is 0.911. The fraction of sp³-hybridized carbons (Fsp3) is 0.296. The standard InChI is InChI=1S/C27H26Cl2N6O4/c1-16(36)32-12-10-17(11-13-32)14-33-25-23(26(38)34(27(33)39)15-22(30)37)35(19-8-6-18(28)7-9-19)24(31-25)20-4-2-3-5-21(20)29/h2-9,17H,10-15H2,1H3,(H2,30,37). The van der Waals surface area contributed by atoms with Gasteiger partial charge >= 0.3 is 5.69 Å². The number of halogens is 2. The van der Waals surface area contributed by atoms with E-state index in [-0.39, 0.29) is 29.5 Å². The predicted octanol–water partition coefficient (Wildman–Crippen LogP) is 3.07. The topological polar surface area (TPSA) is 125 Å². The maximum Gasteiger partial charge on any atom is 0.333 e. The first-order valence-corrected chi connectivity index (χ1v) is 13.2. The Balaban J connectivity index is 1.79. The number of likely N-dealkylation sites (tertiary alicyclic amines) is 1. The number of hydrogen-bond donors (Lipinski definition) is 1. The molecule has 2 N–H and O–H groups in total. The van der Waals surface area contributed by atoms with Gasteiger partial charge in [0, 0.05) is 42.8 Å². The van der Waals surface area contributed by atoms with Crippen LogP contribution in [0.3, 0.4) is 0 Å². The molecule has 0 atom stereocenters. The smallest absolute Gasteiger partial charge is 0.333 e. The number of nitrogens with two attached hydrogens (primary N) is 1. The number of amides is 2. The molecule has 1 aliphatic rings. The van der Waals surface area contributed by atoms with Crippen molar-refractivity contribution in [1.29, 1.82) is 0 Å². The number of carbonyl (C=O) groups excluding carboxylic acids is 2. The van der Waals surface area contributed by atoms with Gasteiger partial charge in [-0.3, -0.25) is 23.5 Å². The largest absolute Gasteiger partial charge is 0.368 e. The second kappa shape index (κ2) is 10.7. The van der Waals surface area contributed by atoms with E-state index in [1.54, 1.807) is 58.0 Å². The molecule has 0 aliphatic carbocycles. The summed E-state index contributed by atoms with van der Waals surface area (Å²) in [5.74, 6) is -0.412. The molecule has 0 unspecified atom stereocenters. The van der Waals surface area contributed by atoms with Crippen LogP contribution in [0, 0.1) is 5.92 Å². The van der Waals surface area contributed by atoms with Crippen molar-refractivity contribution in [2.45, 2.75) is 32.9 Å². The van der Waals surface area contributed by atoms with Crippen LogP contribution in [0.4, 0.5) is 0 Å². The molecule has 5 rings (SSSR count). The molecular formula is C27H26Cl2N6O4. The van der Waals surface area contributed by atoms with Crippen LogP contribution in [-0.2, 0) is 22.7 Å². The second-order valence-corrected chi connectivity index (χ2v) is 10.4. The average molecular weight is 569 g/mol. The van der Waals surface area contributed by atoms with Crippen molar-refractivity contribution in [2.75, 3.05) is 13.1 Å². The number of carbonyl (C=O) groups is 2. The minimum absolute atomic E-state index is 0.00843. The number of fused-ring (bicyclic) bond motifs is 1. The van der Waals surface area contributed by atoms with E-state index in [0.29, 0.717) is 53.1 Å². The molecule has 1 fully saturated rings. The molecule has 12 heteroatoms. The molecule has 1 saturated heterocycles. The monoisotopic (exact) mass is 568 g/mol. The highest BCUT2D eigenvalue weighted by molar-refractivity contribution is 6.33. The van der Waals surface area contributed by atoms with Crippen molar-refractivity contribution < 1.29 is 9.59 Å². The van der Waals surface area contributed by atoms with Crippen LogP contribution in [0.25, 0.3) is 28.2 Å². The number of benzene rings is 2. The summed E-state index contributed by atoms with van der Waals surface area (Å²) in [5.41, 5.74) is 5.46. The van der Waals surface area contributed by atoms with Gasteiger partial charge in [-0.05, 0) is 55.2 Å². The zero-order valence-corrected chi connectivity index (χ0v) is 22.7. The van der Waals surface area contributed by atoms with E-state index >= 15 is 0 Å². The third-order valence-electron chi connectivity index (χ3n) is 7.04. The second-order valence-electron chi connectivity index (χ2n) is 9.60. The van der Waals surface area contributed by atoms with Gasteiger partial charge in [-0.25, -0.2) is 14.3 Å². The average Bonchev–Trinajstić information content (AvgIpc) is 3.30. The summed E-state index contributed by atoms with van der Waals surface area (Å²) in [6.07, 6.45) is 1.36. The summed E-state index contributed by atoms with van der Waals surface area (Å²) in [6.45, 7) is 2.35. The summed E-state index contributed by atoms with van der Waals surface area (Å²) in [6, 6.07) is 13.9.